The van der Waals surface area contributed by atoms with E-state index in [4.69, 9.17) is 0 Å². The number of aliphatic imine (C=N–C) groups is 1. The lowest BCUT2D eigenvalue weighted by Crippen LogP contribution is -2.40. The van der Waals surface area contributed by atoms with Gasteiger partial charge in [-0.15, -0.1) is 0 Å². The molecule has 2 bridgehead atoms. The molecule has 2 fully saturated rings. The first-order valence-corrected chi connectivity index (χ1v) is 11.4. The van der Waals surface area contributed by atoms with Gasteiger partial charge in [-0.1, -0.05) is 24.3 Å². The molecule has 2 N–H and O–H groups in total. The highest BCUT2D eigenvalue weighted by Crippen LogP contribution is 2.52. The molecule has 4 unspecified atom stereocenters. The van der Waals surface area contributed by atoms with Crippen molar-refractivity contribution in [2.75, 3.05) is 45.2 Å². The van der Waals surface area contributed by atoms with Crippen LogP contribution < -0.4 is 15.5 Å². The van der Waals surface area contributed by atoms with Gasteiger partial charge in [0.15, 0.2) is 5.96 Å². The molecule has 1 aromatic carbocycles. The zero-order valence-electron chi connectivity index (χ0n) is 18.8. The number of imide groups is 1. The molecule has 8 heteroatoms. The molecule has 32 heavy (non-hydrogen) atoms. The van der Waals surface area contributed by atoms with Crippen LogP contribution in [0.25, 0.3) is 0 Å². The number of halogens is 1. The number of rotatable bonds is 9. The number of para-hydroxylation sites is 1. The van der Waals surface area contributed by atoms with Crippen molar-refractivity contribution in [1.29, 1.82) is 0 Å². The smallest absolute Gasteiger partial charge is 0.233 e. The summed E-state index contributed by atoms with van der Waals surface area (Å²) in [5.74, 6) is 0.746. The second kappa shape index (κ2) is 9.71. The second-order valence-electron chi connectivity index (χ2n) is 8.83. The molecule has 1 aromatic rings. The number of fused-ring (bicyclic) bond motifs is 5. The third kappa shape index (κ3) is 4.36. The Hall–Kier alpha value is -2.90. The fourth-order valence-electron chi connectivity index (χ4n) is 5.25. The predicted octanol–water partition coefficient (Wildman–Crippen LogP) is 2.01. The van der Waals surface area contributed by atoms with Crippen molar-refractivity contribution in [2.24, 2.45) is 28.7 Å². The number of benzene rings is 1. The van der Waals surface area contributed by atoms with E-state index in [0.29, 0.717) is 44.2 Å². The van der Waals surface area contributed by atoms with E-state index in [-0.39, 0.29) is 41.3 Å². The minimum absolute atomic E-state index is 0.0123. The van der Waals surface area contributed by atoms with Gasteiger partial charge in [0.1, 0.15) is 5.82 Å². The molecule has 3 aliphatic rings. The third-order valence-electron chi connectivity index (χ3n) is 6.86. The van der Waals surface area contributed by atoms with E-state index in [9.17, 15) is 14.0 Å². The van der Waals surface area contributed by atoms with Crippen LogP contribution in [0.4, 0.5) is 10.1 Å². The van der Waals surface area contributed by atoms with Gasteiger partial charge in [-0.05, 0) is 43.2 Å². The van der Waals surface area contributed by atoms with E-state index in [1.807, 2.05) is 18.0 Å². The molecule has 2 amide bonds. The van der Waals surface area contributed by atoms with Crippen molar-refractivity contribution in [3.05, 3.63) is 42.2 Å². The quantitative estimate of drug-likeness (QED) is 0.202. The molecule has 0 radical (unpaired) electrons. The van der Waals surface area contributed by atoms with E-state index in [1.165, 1.54) is 11.0 Å². The number of guanidine groups is 1. The van der Waals surface area contributed by atoms with Gasteiger partial charge in [0.05, 0.1) is 17.5 Å². The van der Waals surface area contributed by atoms with Crippen LogP contribution >= 0.6 is 0 Å². The van der Waals surface area contributed by atoms with Gasteiger partial charge in [0.2, 0.25) is 11.8 Å². The number of nitrogens with one attached hydrogen (secondary N) is 2. The topological polar surface area (TPSA) is 77.0 Å². The monoisotopic (exact) mass is 441 g/mol. The SMILES string of the molecule is CN=C(NCCCN1C(=O)C2C3C=CC(C3)C2C1=O)NCCCN(C)c1ccccc1F. The number of likely N-dealkylation sites (tertiary alicyclic amines) is 1. The molecule has 1 saturated carbocycles. The van der Waals surface area contributed by atoms with Crippen molar-refractivity contribution in [3.8, 4) is 0 Å². The van der Waals surface area contributed by atoms with Crippen molar-refractivity contribution in [1.82, 2.24) is 15.5 Å². The van der Waals surface area contributed by atoms with Gasteiger partial charge in [0, 0.05) is 40.3 Å². The zero-order chi connectivity index (χ0) is 22.7. The minimum Gasteiger partial charge on any atom is -0.372 e. The Labute approximate surface area is 188 Å². The Morgan fingerprint density at radius 1 is 1.09 bits per heavy atom. The molecule has 4 rings (SSSR count). The van der Waals surface area contributed by atoms with Gasteiger partial charge in [0.25, 0.3) is 0 Å². The number of anilines is 1. The largest absolute Gasteiger partial charge is 0.372 e. The first-order chi connectivity index (χ1) is 15.5. The highest BCUT2D eigenvalue weighted by atomic mass is 19.1. The first kappa shape index (κ1) is 22.3. The maximum Gasteiger partial charge on any atom is 0.233 e. The summed E-state index contributed by atoms with van der Waals surface area (Å²) in [5, 5.41) is 6.49. The average Bonchev–Trinajstić information content (AvgIpc) is 3.47. The molecule has 7 nitrogen and oxygen atoms in total. The predicted molar refractivity (Wildman–Crippen MR) is 123 cm³/mol. The second-order valence-corrected chi connectivity index (χ2v) is 8.83. The van der Waals surface area contributed by atoms with E-state index < -0.39 is 0 Å². The summed E-state index contributed by atoms with van der Waals surface area (Å²) in [6.45, 7) is 2.47. The molecule has 1 heterocycles. The summed E-state index contributed by atoms with van der Waals surface area (Å²) in [4.78, 5) is 33.0. The number of carbonyl (C=O) groups excluding carboxylic acids is 2. The molecule has 172 valence electrons. The van der Waals surface area contributed by atoms with Crippen LogP contribution in [-0.2, 0) is 9.59 Å². The summed E-state index contributed by atoms with van der Waals surface area (Å²) >= 11 is 0. The van der Waals surface area contributed by atoms with E-state index in [2.05, 4.69) is 27.8 Å². The Morgan fingerprint density at radius 2 is 1.72 bits per heavy atom. The number of allylic oxidation sites excluding steroid dienone is 2. The van der Waals surface area contributed by atoms with Gasteiger partial charge >= 0.3 is 0 Å². The summed E-state index contributed by atoms with van der Waals surface area (Å²) in [5.41, 5.74) is 0.592. The lowest BCUT2D eigenvalue weighted by atomic mass is 9.85. The maximum atomic E-state index is 13.8. The number of amides is 2. The van der Waals surface area contributed by atoms with Crippen LogP contribution in [0.2, 0.25) is 0 Å². The van der Waals surface area contributed by atoms with Crippen LogP contribution in [0, 0.1) is 29.5 Å². The Balaban J connectivity index is 1.13. The van der Waals surface area contributed by atoms with Gasteiger partial charge in [-0.25, -0.2) is 4.39 Å². The van der Waals surface area contributed by atoms with E-state index >= 15 is 0 Å². The number of hydrogen-bond acceptors (Lipinski definition) is 4. The van der Waals surface area contributed by atoms with Gasteiger partial charge in [-0.2, -0.15) is 0 Å². The van der Waals surface area contributed by atoms with E-state index in [0.717, 1.165) is 12.8 Å². The molecule has 1 saturated heterocycles. The van der Waals surface area contributed by atoms with Crippen molar-refractivity contribution in [3.63, 3.8) is 0 Å². The standard InChI is InChI=1S/C24H32FN5O2/c1-26-24(27-11-5-13-29(2)19-8-4-3-7-18(19)25)28-12-6-14-30-22(31)20-16-9-10-17(15-16)21(20)23(30)32/h3-4,7-10,16-17,20-21H,5-6,11-15H2,1-2H3,(H2,26,27,28). The molecule has 0 spiro atoms. The highest BCUT2D eigenvalue weighted by Gasteiger charge is 2.58. The number of hydrogen-bond donors (Lipinski definition) is 2. The van der Waals surface area contributed by atoms with E-state index in [1.54, 1.807) is 19.2 Å². The molecule has 1 aliphatic heterocycles. The summed E-state index contributed by atoms with van der Waals surface area (Å²) in [6.07, 6.45) is 6.69. The molecular formula is C24H32FN5O2. The van der Waals surface area contributed by atoms with Crippen molar-refractivity contribution >= 4 is 23.5 Å². The molecular weight excluding hydrogens is 409 g/mol. The number of nitrogens with zero attached hydrogens (tertiary/aromatic N) is 3. The van der Waals surface area contributed by atoms with Crippen LogP contribution in [0.3, 0.4) is 0 Å². The average molecular weight is 442 g/mol. The van der Waals surface area contributed by atoms with Crippen molar-refractivity contribution in [2.45, 2.75) is 19.3 Å². The lowest BCUT2D eigenvalue weighted by molar-refractivity contribution is -0.140. The van der Waals surface area contributed by atoms with Crippen LogP contribution in [0.1, 0.15) is 19.3 Å². The van der Waals surface area contributed by atoms with Gasteiger partial charge < -0.3 is 15.5 Å². The zero-order valence-corrected chi connectivity index (χ0v) is 18.8. The Bertz CT molecular complexity index is 887. The van der Waals surface area contributed by atoms with Crippen LogP contribution in [-0.4, -0.2) is 62.9 Å². The fraction of sp³-hybridized carbons (Fsp3) is 0.542. The normalized spacial score (nSPS) is 26.1. The van der Waals surface area contributed by atoms with Crippen LogP contribution in [0.5, 0.6) is 0 Å². The summed E-state index contributed by atoms with van der Waals surface area (Å²) < 4.78 is 13.8. The van der Waals surface area contributed by atoms with Crippen molar-refractivity contribution < 1.29 is 14.0 Å². The van der Waals surface area contributed by atoms with Crippen LogP contribution in [0.15, 0.2) is 41.4 Å². The Kier molecular flexibility index (Phi) is 6.77. The first-order valence-electron chi connectivity index (χ1n) is 11.4. The highest BCUT2D eigenvalue weighted by molar-refractivity contribution is 6.06. The van der Waals surface area contributed by atoms with Gasteiger partial charge in [-0.3, -0.25) is 19.5 Å². The third-order valence-corrected chi connectivity index (χ3v) is 6.86. The Morgan fingerprint density at radius 3 is 2.34 bits per heavy atom. The summed E-state index contributed by atoms with van der Waals surface area (Å²) in [7, 11) is 3.58. The minimum atomic E-state index is -0.219. The molecule has 2 aliphatic carbocycles. The maximum absolute atomic E-state index is 13.8. The summed E-state index contributed by atoms with van der Waals surface area (Å²) in [6, 6.07) is 6.75. The molecule has 0 aromatic heterocycles. The lowest BCUT2D eigenvalue weighted by Gasteiger charge is -2.20. The molecule has 4 atom stereocenters. The number of carbonyl (C=O) groups is 2. The fourth-order valence-corrected chi connectivity index (χ4v) is 5.25.